The number of hydrogen-bond donors (Lipinski definition) is 1. The fourth-order valence-electron chi connectivity index (χ4n) is 3.10. The summed E-state index contributed by atoms with van der Waals surface area (Å²) >= 11 is 0. The van der Waals surface area contributed by atoms with E-state index in [1.54, 1.807) is 0 Å². The summed E-state index contributed by atoms with van der Waals surface area (Å²) in [5.74, 6) is 2.79. The SMILES string of the molecule is NC1CCCCCC1c1nnc2n1CCC2. The lowest BCUT2D eigenvalue weighted by Crippen LogP contribution is -2.29. The minimum atomic E-state index is 0.288. The van der Waals surface area contributed by atoms with Gasteiger partial charge in [-0.05, 0) is 19.3 Å². The van der Waals surface area contributed by atoms with E-state index in [0.29, 0.717) is 5.92 Å². The van der Waals surface area contributed by atoms with Crippen molar-refractivity contribution in [1.29, 1.82) is 0 Å². The summed E-state index contributed by atoms with van der Waals surface area (Å²) in [6.07, 6.45) is 8.55. The topological polar surface area (TPSA) is 56.7 Å². The molecule has 2 atom stereocenters. The summed E-state index contributed by atoms with van der Waals surface area (Å²) in [6, 6.07) is 0.288. The first-order valence-corrected chi connectivity index (χ1v) is 6.54. The minimum Gasteiger partial charge on any atom is -0.327 e. The maximum absolute atomic E-state index is 6.28. The van der Waals surface area contributed by atoms with Crippen molar-refractivity contribution in [3.63, 3.8) is 0 Å². The minimum absolute atomic E-state index is 0.288. The third-order valence-electron chi connectivity index (χ3n) is 4.04. The van der Waals surface area contributed by atoms with Crippen molar-refractivity contribution in [2.75, 3.05) is 0 Å². The largest absolute Gasteiger partial charge is 0.327 e. The highest BCUT2D eigenvalue weighted by molar-refractivity contribution is 5.08. The van der Waals surface area contributed by atoms with E-state index in [1.165, 1.54) is 43.8 Å². The molecule has 2 N–H and O–H groups in total. The molecule has 1 fully saturated rings. The number of aromatic nitrogens is 3. The lowest BCUT2D eigenvalue weighted by Gasteiger charge is -2.20. The van der Waals surface area contributed by atoms with Crippen LogP contribution in [-0.4, -0.2) is 20.8 Å². The van der Waals surface area contributed by atoms with Crippen LogP contribution in [0, 0.1) is 0 Å². The van der Waals surface area contributed by atoms with Gasteiger partial charge in [0.25, 0.3) is 0 Å². The first kappa shape index (κ1) is 10.3. The first-order valence-electron chi connectivity index (χ1n) is 6.54. The number of fused-ring (bicyclic) bond motifs is 1. The van der Waals surface area contributed by atoms with Gasteiger partial charge < -0.3 is 10.3 Å². The Hall–Kier alpha value is -0.900. The van der Waals surface area contributed by atoms with Crippen molar-refractivity contribution in [2.24, 2.45) is 5.73 Å². The van der Waals surface area contributed by atoms with Crippen molar-refractivity contribution in [1.82, 2.24) is 14.8 Å². The van der Waals surface area contributed by atoms with Gasteiger partial charge >= 0.3 is 0 Å². The van der Waals surface area contributed by atoms with Crippen molar-refractivity contribution >= 4 is 0 Å². The monoisotopic (exact) mass is 220 g/mol. The zero-order valence-corrected chi connectivity index (χ0v) is 9.73. The second-order valence-electron chi connectivity index (χ2n) is 5.14. The van der Waals surface area contributed by atoms with Gasteiger partial charge in [-0.25, -0.2) is 0 Å². The van der Waals surface area contributed by atoms with Crippen molar-refractivity contribution in [3.05, 3.63) is 11.6 Å². The maximum atomic E-state index is 6.28. The molecule has 1 saturated carbocycles. The number of hydrogen-bond acceptors (Lipinski definition) is 3. The molecule has 1 aliphatic heterocycles. The van der Waals surface area contributed by atoms with Gasteiger partial charge in [-0.1, -0.05) is 19.3 Å². The number of nitrogens with two attached hydrogens (primary N) is 1. The Labute approximate surface area is 96.2 Å². The molecule has 4 heteroatoms. The molecule has 88 valence electrons. The molecule has 0 saturated heterocycles. The predicted molar refractivity (Wildman–Crippen MR) is 62.1 cm³/mol. The van der Waals surface area contributed by atoms with Crippen molar-refractivity contribution in [2.45, 2.75) is 63.5 Å². The summed E-state index contributed by atoms with van der Waals surface area (Å²) in [5.41, 5.74) is 6.28. The van der Waals surface area contributed by atoms with E-state index >= 15 is 0 Å². The molecular formula is C12H20N4. The van der Waals surface area contributed by atoms with Crippen LogP contribution in [-0.2, 0) is 13.0 Å². The van der Waals surface area contributed by atoms with Crippen molar-refractivity contribution in [3.8, 4) is 0 Å². The Morgan fingerprint density at radius 2 is 1.94 bits per heavy atom. The smallest absolute Gasteiger partial charge is 0.137 e. The maximum Gasteiger partial charge on any atom is 0.137 e. The molecular weight excluding hydrogens is 200 g/mol. The first-order chi connectivity index (χ1) is 7.86. The van der Waals surface area contributed by atoms with Crippen LogP contribution in [0.4, 0.5) is 0 Å². The van der Waals surface area contributed by atoms with Gasteiger partial charge in [0.1, 0.15) is 11.6 Å². The second-order valence-corrected chi connectivity index (χ2v) is 5.14. The standard InChI is InChI=1S/C12H20N4/c13-10-6-3-1-2-5-9(10)12-15-14-11-7-4-8-16(11)12/h9-10H,1-8,13H2. The van der Waals surface area contributed by atoms with Crippen LogP contribution in [0.3, 0.4) is 0 Å². The van der Waals surface area contributed by atoms with E-state index in [4.69, 9.17) is 5.73 Å². The Kier molecular flexibility index (Phi) is 2.67. The van der Waals surface area contributed by atoms with Gasteiger partial charge in [0.05, 0.1) is 0 Å². The molecule has 4 nitrogen and oxygen atoms in total. The molecule has 0 radical (unpaired) electrons. The molecule has 2 unspecified atom stereocenters. The summed E-state index contributed by atoms with van der Waals surface area (Å²) < 4.78 is 2.32. The number of rotatable bonds is 1. The van der Waals surface area contributed by atoms with Gasteiger partial charge in [0.15, 0.2) is 0 Å². The van der Waals surface area contributed by atoms with E-state index in [2.05, 4.69) is 14.8 Å². The van der Waals surface area contributed by atoms with E-state index in [-0.39, 0.29) is 6.04 Å². The molecule has 2 aliphatic rings. The Morgan fingerprint density at radius 3 is 2.88 bits per heavy atom. The summed E-state index contributed by atoms with van der Waals surface area (Å²) in [7, 11) is 0. The molecule has 0 spiro atoms. The highest BCUT2D eigenvalue weighted by Gasteiger charge is 2.29. The van der Waals surface area contributed by atoms with Gasteiger partial charge in [-0.2, -0.15) is 0 Å². The Morgan fingerprint density at radius 1 is 1.06 bits per heavy atom. The Bertz CT molecular complexity index is 371. The molecule has 16 heavy (non-hydrogen) atoms. The van der Waals surface area contributed by atoms with E-state index in [0.717, 1.165) is 19.4 Å². The number of nitrogens with zero attached hydrogens (tertiary/aromatic N) is 3. The van der Waals surface area contributed by atoms with Crippen LogP contribution in [0.25, 0.3) is 0 Å². The van der Waals surface area contributed by atoms with Crippen LogP contribution in [0.2, 0.25) is 0 Å². The quantitative estimate of drug-likeness (QED) is 0.731. The lowest BCUT2D eigenvalue weighted by molar-refractivity contribution is 0.464. The predicted octanol–water partition coefficient (Wildman–Crippen LogP) is 1.60. The Balaban J connectivity index is 1.89. The number of aryl methyl sites for hydroxylation is 1. The molecule has 2 heterocycles. The molecule has 0 bridgehead atoms. The zero-order chi connectivity index (χ0) is 11.0. The van der Waals surface area contributed by atoms with E-state index in [9.17, 15) is 0 Å². The third kappa shape index (κ3) is 1.65. The van der Waals surface area contributed by atoms with E-state index in [1.807, 2.05) is 0 Å². The molecule has 1 aromatic rings. The summed E-state index contributed by atoms with van der Waals surface area (Å²) in [5, 5.41) is 8.68. The van der Waals surface area contributed by atoms with Crippen LogP contribution in [0.15, 0.2) is 0 Å². The molecule has 1 aromatic heterocycles. The average Bonchev–Trinajstić information content (AvgIpc) is 2.80. The molecule has 0 aromatic carbocycles. The molecule has 0 amide bonds. The van der Waals surface area contributed by atoms with Crippen molar-refractivity contribution < 1.29 is 0 Å². The average molecular weight is 220 g/mol. The van der Waals surface area contributed by atoms with Gasteiger partial charge in [0.2, 0.25) is 0 Å². The van der Waals surface area contributed by atoms with Gasteiger partial charge in [-0.3, -0.25) is 0 Å². The zero-order valence-electron chi connectivity index (χ0n) is 9.73. The van der Waals surface area contributed by atoms with Crippen LogP contribution >= 0.6 is 0 Å². The fraction of sp³-hybridized carbons (Fsp3) is 0.833. The van der Waals surface area contributed by atoms with Crippen LogP contribution in [0.5, 0.6) is 0 Å². The van der Waals surface area contributed by atoms with Gasteiger partial charge in [0, 0.05) is 24.9 Å². The molecule has 1 aliphatic carbocycles. The highest BCUT2D eigenvalue weighted by Crippen LogP contribution is 2.31. The summed E-state index contributed by atoms with van der Waals surface area (Å²) in [6.45, 7) is 1.10. The fourth-order valence-corrected chi connectivity index (χ4v) is 3.10. The second kappa shape index (κ2) is 4.17. The molecule has 3 rings (SSSR count). The lowest BCUT2D eigenvalue weighted by atomic mass is 9.94. The third-order valence-corrected chi connectivity index (χ3v) is 4.04. The van der Waals surface area contributed by atoms with Crippen LogP contribution in [0.1, 0.15) is 56.1 Å². The van der Waals surface area contributed by atoms with Gasteiger partial charge in [-0.15, -0.1) is 10.2 Å². The highest BCUT2D eigenvalue weighted by atomic mass is 15.3. The normalized spacial score (nSPS) is 30.1. The van der Waals surface area contributed by atoms with E-state index < -0.39 is 0 Å². The summed E-state index contributed by atoms with van der Waals surface area (Å²) in [4.78, 5) is 0. The van der Waals surface area contributed by atoms with Crippen LogP contribution < -0.4 is 5.73 Å².